The molecule has 0 spiro atoms. The van der Waals surface area contributed by atoms with Crippen LogP contribution >= 0.6 is 47.9 Å². The highest BCUT2D eigenvalue weighted by atomic mass is 32.1. The molecule has 2 aromatic heterocycles. The van der Waals surface area contributed by atoms with Gasteiger partial charge in [-0.15, -0.1) is 17.7 Å². The highest BCUT2D eigenvalue weighted by Gasteiger charge is 1.79. The molecule has 2 heterocycles. The van der Waals surface area contributed by atoms with E-state index in [0.717, 1.165) is 0 Å². The molecule has 13 heavy (non-hydrogen) atoms. The fraction of sp³-hybridized carbons (Fsp3) is 0. The number of aromatic amines is 2. The molecule has 2 rings (SSSR count). The van der Waals surface area contributed by atoms with Gasteiger partial charge in [0.1, 0.15) is 5.03 Å². The Hall–Kier alpha value is -0.510. The Balaban J connectivity index is 0.000000132. The van der Waals surface area contributed by atoms with E-state index in [4.69, 9.17) is 5.41 Å². The first-order valence-corrected chi connectivity index (χ1v) is 5.48. The highest BCUT2D eigenvalue weighted by Crippen LogP contribution is 1.99. The van der Waals surface area contributed by atoms with Crippen molar-refractivity contribution in [2.24, 2.45) is 0 Å². The van der Waals surface area contributed by atoms with Crippen molar-refractivity contribution in [1.29, 1.82) is 5.41 Å². The third kappa shape index (κ3) is 3.81. The predicted octanol–water partition coefficient (Wildman–Crippen LogP) is 1.44. The van der Waals surface area contributed by atoms with Crippen LogP contribution in [0.3, 0.4) is 0 Å². The normalized spacial score (nSPS) is 9.00. The van der Waals surface area contributed by atoms with Gasteiger partial charge in [0.15, 0.2) is 9.31 Å². The van der Waals surface area contributed by atoms with Crippen molar-refractivity contribution in [2.75, 3.05) is 0 Å². The van der Waals surface area contributed by atoms with Crippen LogP contribution in [-0.2, 0) is 0 Å². The van der Waals surface area contributed by atoms with Gasteiger partial charge in [-0.2, -0.15) is 0 Å². The molecule has 70 valence electrons. The summed E-state index contributed by atoms with van der Waals surface area (Å²) >= 11 is 11.0. The van der Waals surface area contributed by atoms with E-state index in [-0.39, 0.29) is 0 Å². The van der Waals surface area contributed by atoms with Gasteiger partial charge in [0, 0.05) is 5.38 Å². The number of hydrogen-bond acceptors (Lipinski definition) is 7. The molecule has 0 fully saturated rings. The SMILES string of the molecule is N=c1s[nH][nH]c1=S.Sc1csnn1. The second-order valence-corrected chi connectivity index (χ2v) is 4.04. The molecule has 0 aliphatic carbocycles. The van der Waals surface area contributed by atoms with E-state index in [1.807, 2.05) is 0 Å². The number of hydrogen-bond donors (Lipinski definition) is 4. The molecular weight excluding hydrogens is 246 g/mol. The molecule has 2 aromatic rings. The summed E-state index contributed by atoms with van der Waals surface area (Å²) in [5.41, 5.74) is 0. The molecule has 0 amide bonds. The molecule has 0 bridgehead atoms. The average molecular weight is 251 g/mol. The standard InChI is InChI=1S/C2H3N3S2.C2H2N2S2/c3-1-2(6)4-5-7-1;5-2-1-6-4-3-2/h3,5H,(H,4,6);1,5H. The van der Waals surface area contributed by atoms with E-state index in [9.17, 15) is 0 Å². The van der Waals surface area contributed by atoms with Gasteiger partial charge in [-0.1, -0.05) is 16.7 Å². The molecule has 0 saturated carbocycles. The molecule has 0 radical (unpaired) electrons. The van der Waals surface area contributed by atoms with Crippen molar-refractivity contribution in [3.8, 4) is 0 Å². The number of thiol groups is 1. The van der Waals surface area contributed by atoms with Gasteiger partial charge in [0.2, 0.25) is 0 Å². The van der Waals surface area contributed by atoms with E-state index in [2.05, 4.69) is 44.0 Å². The summed E-state index contributed by atoms with van der Waals surface area (Å²) in [7, 11) is 0. The zero-order valence-corrected chi connectivity index (χ0v) is 9.49. The van der Waals surface area contributed by atoms with E-state index in [1.54, 1.807) is 5.38 Å². The second kappa shape index (κ2) is 5.27. The zero-order valence-electron chi connectivity index (χ0n) is 6.14. The molecule has 0 aliphatic heterocycles. The fourth-order valence-corrected chi connectivity index (χ4v) is 1.60. The molecule has 5 nitrogen and oxygen atoms in total. The van der Waals surface area contributed by atoms with Crippen molar-refractivity contribution in [3.05, 3.63) is 14.7 Å². The maximum Gasteiger partial charge on any atom is 0.162 e. The Bertz CT molecular complexity index is 411. The number of nitrogens with one attached hydrogen (secondary N) is 3. The molecule has 0 saturated heterocycles. The van der Waals surface area contributed by atoms with Gasteiger partial charge in [0.05, 0.1) is 0 Å². The van der Waals surface area contributed by atoms with E-state index < -0.39 is 0 Å². The lowest BCUT2D eigenvalue weighted by molar-refractivity contribution is 1.04. The zero-order chi connectivity index (χ0) is 9.68. The van der Waals surface area contributed by atoms with Gasteiger partial charge in [0.25, 0.3) is 0 Å². The van der Waals surface area contributed by atoms with Crippen molar-refractivity contribution < 1.29 is 0 Å². The van der Waals surface area contributed by atoms with Crippen LogP contribution in [0.4, 0.5) is 0 Å². The molecule has 0 atom stereocenters. The van der Waals surface area contributed by atoms with Crippen LogP contribution < -0.4 is 4.67 Å². The highest BCUT2D eigenvalue weighted by molar-refractivity contribution is 7.80. The summed E-state index contributed by atoms with van der Waals surface area (Å²) < 4.78 is 7.02. The van der Waals surface area contributed by atoms with Crippen molar-refractivity contribution in [3.63, 3.8) is 0 Å². The molecular formula is C4H5N5S4. The summed E-state index contributed by atoms with van der Waals surface area (Å²) in [6, 6.07) is 0. The van der Waals surface area contributed by atoms with Crippen molar-refractivity contribution in [1.82, 2.24) is 19.2 Å². The van der Waals surface area contributed by atoms with Crippen LogP contribution in [0.2, 0.25) is 0 Å². The Morgan fingerprint density at radius 2 is 2.38 bits per heavy atom. The molecule has 0 unspecified atom stereocenters. The lowest BCUT2D eigenvalue weighted by Crippen LogP contribution is -1.86. The van der Waals surface area contributed by atoms with Crippen LogP contribution in [0.1, 0.15) is 0 Å². The Morgan fingerprint density at radius 3 is 2.54 bits per heavy atom. The monoisotopic (exact) mass is 251 g/mol. The third-order valence-electron chi connectivity index (χ3n) is 0.872. The molecule has 9 heteroatoms. The predicted molar refractivity (Wildman–Crippen MR) is 56.9 cm³/mol. The van der Waals surface area contributed by atoms with Crippen LogP contribution in [0, 0.1) is 10.0 Å². The van der Waals surface area contributed by atoms with Crippen LogP contribution in [0.25, 0.3) is 0 Å². The summed E-state index contributed by atoms with van der Waals surface area (Å²) in [6.07, 6.45) is 0. The molecule has 0 aromatic carbocycles. The van der Waals surface area contributed by atoms with Crippen molar-refractivity contribution >= 4 is 47.9 Å². The number of H-pyrrole nitrogens is 2. The first-order valence-electron chi connectivity index (χ1n) is 2.97. The number of nitrogens with zero attached hydrogens (tertiary/aromatic N) is 2. The maximum atomic E-state index is 6.95. The van der Waals surface area contributed by atoms with Gasteiger partial charge in [-0.25, -0.2) is 0 Å². The topological polar surface area (TPSA) is 81.2 Å². The largest absolute Gasteiger partial charge is 0.287 e. The van der Waals surface area contributed by atoms with Gasteiger partial charge in [-0.05, 0) is 23.1 Å². The Kier molecular flexibility index (Phi) is 4.28. The fourth-order valence-electron chi connectivity index (χ4n) is 0.386. The van der Waals surface area contributed by atoms with E-state index >= 15 is 0 Å². The average Bonchev–Trinajstić information content (AvgIpc) is 2.67. The van der Waals surface area contributed by atoms with Crippen LogP contribution in [0.15, 0.2) is 10.4 Å². The number of rotatable bonds is 0. The molecule has 0 aliphatic rings. The minimum Gasteiger partial charge on any atom is -0.287 e. The van der Waals surface area contributed by atoms with Gasteiger partial charge < -0.3 is 0 Å². The van der Waals surface area contributed by atoms with Crippen LogP contribution in [-0.4, -0.2) is 19.2 Å². The van der Waals surface area contributed by atoms with Crippen molar-refractivity contribution in [2.45, 2.75) is 5.03 Å². The summed E-state index contributed by atoms with van der Waals surface area (Å²) in [5, 5.41) is 15.6. The smallest absolute Gasteiger partial charge is 0.162 e. The number of aromatic nitrogens is 4. The second-order valence-electron chi connectivity index (χ2n) is 1.75. The summed E-state index contributed by atoms with van der Waals surface area (Å²) in [4.78, 5) is 0. The minimum absolute atomic E-state index is 0.384. The first kappa shape index (κ1) is 10.6. The minimum atomic E-state index is 0.384. The van der Waals surface area contributed by atoms with E-state index in [1.165, 1.54) is 23.1 Å². The van der Waals surface area contributed by atoms with Gasteiger partial charge in [-0.3, -0.25) is 15.0 Å². The Morgan fingerprint density at radius 1 is 1.62 bits per heavy atom. The van der Waals surface area contributed by atoms with Crippen LogP contribution in [0.5, 0.6) is 0 Å². The lowest BCUT2D eigenvalue weighted by atomic mass is 11.0. The molecule has 3 N–H and O–H groups in total. The van der Waals surface area contributed by atoms with E-state index in [0.29, 0.717) is 14.3 Å². The lowest BCUT2D eigenvalue weighted by Gasteiger charge is -1.60. The quantitative estimate of drug-likeness (QED) is 0.422. The van der Waals surface area contributed by atoms with Gasteiger partial charge >= 0.3 is 0 Å². The summed E-state index contributed by atoms with van der Waals surface area (Å²) in [5.74, 6) is 0. The Labute approximate surface area is 92.1 Å². The summed E-state index contributed by atoms with van der Waals surface area (Å²) in [6.45, 7) is 0. The third-order valence-corrected chi connectivity index (χ3v) is 2.82. The maximum absolute atomic E-state index is 6.95. The first-order chi connectivity index (χ1) is 6.20.